The third kappa shape index (κ3) is 2.90. The largest absolute Gasteiger partial charge is 0.381 e. The van der Waals surface area contributed by atoms with Gasteiger partial charge in [0.05, 0.1) is 5.39 Å². The first-order chi connectivity index (χ1) is 10.1. The molecule has 0 saturated heterocycles. The molecule has 2 N–H and O–H groups in total. The van der Waals surface area contributed by atoms with Crippen molar-refractivity contribution in [1.29, 1.82) is 0 Å². The molecular weight excluding hydrogens is 286 g/mol. The third-order valence-electron chi connectivity index (χ3n) is 3.32. The van der Waals surface area contributed by atoms with Crippen molar-refractivity contribution >= 4 is 28.1 Å². The Balaban J connectivity index is 1.88. The molecule has 0 aliphatic carbocycles. The van der Waals surface area contributed by atoms with Crippen LogP contribution in [0.1, 0.15) is 11.1 Å². The first-order valence-electron chi connectivity index (χ1n) is 6.61. The summed E-state index contributed by atoms with van der Waals surface area (Å²) in [5, 5.41) is 11.0. The van der Waals surface area contributed by atoms with Gasteiger partial charge in [-0.2, -0.15) is 5.10 Å². The number of hydrogen-bond donors (Lipinski definition) is 2. The average molecular weight is 300 g/mol. The molecule has 3 aromatic rings. The van der Waals surface area contributed by atoms with Crippen molar-refractivity contribution in [3.05, 3.63) is 69.1 Å². The van der Waals surface area contributed by atoms with Gasteiger partial charge in [-0.1, -0.05) is 41.4 Å². The fourth-order valence-electron chi connectivity index (χ4n) is 2.27. The second-order valence-electron chi connectivity index (χ2n) is 4.95. The van der Waals surface area contributed by atoms with Crippen molar-refractivity contribution in [3.8, 4) is 0 Å². The van der Waals surface area contributed by atoms with E-state index in [4.69, 9.17) is 11.6 Å². The summed E-state index contributed by atoms with van der Waals surface area (Å²) in [6.45, 7) is 2.78. The lowest BCUT2D eigenvalue weighted by molar-refractivity contribution is 1.01. The normalized spacial score (nSPS) is 10.8. The molecule has 0 radical (unpaired) electrons. The van der Waals surface area contributed by atoms with Gasteiger partial charge >= 0.3 is 0 Å². The second-order valence-corrected chi connectivity index (χ2v) is 5.30. The molecule has 0 saturated carbocycles. The van der Waals surface area contributed by atoms with Gasteiger partial charge in [-0.15, -0.1) is 0 Å². The summed E-state index contributed by atoms with van der Waals surface area (Å²) in [6.07, 6.45) is 0. The topological polar surface area (TPSA) is 57.8 Å². The number of anilines is 1. The number of fused-ring (bicyclic) bond motifs is 1. The van der Waals surface area contributed by atoms with Gasteiger partial charge in [-0.05, 0) is 30.7 Å². The van der Waals surface area contributed by atoms with Gasteiger partial charge in [0, 0.05) is 17.6 Å². The van der Waals surface area contributed by atoms with Crippen molar-refractivity contribution in [1.82, 2.24) is 10.2 Å². The first kappa shape index (κ1) is 13.6. The summed E-state index contributed by atoms with van der Waals surface area (Å²) < 4.78 is 0. The molecule has 0 amide bonds. The number of aromatic nitrogens is 2. The number of nitrogens with zero attached hydrogens (tertiary/aromatic N) is 1. The molecule has 0 aliphatic rings. The molecule has 3 rings (SSSR count). The van der Waals surface area contributed by atoms with Crippen molar-refractivity contribution in [2.75, 3.05) is 5.32 Å². The predicted octanol–water partition coefficient (Wildman–Crippen LogP) is 3.50. The number of aromatic amines is 1. The molecule has 1 heterocycles. The smallest absolute Gasteiger partial charge is 0.272 e. The number of H-pyrrole nitrogens is 1. The van der Waals surface area contributed by atoms with Crippen LogP contribution in [0.5, 0.6) is 0 Å². The van der Waals surface area contributed by atoms with E-state index in [-0.39, 0.29) is 5.56 Å². The Labute approximate surface area is 126 Å². The lowest BCUT2D eigenvalue weighted by atomic mass is 10.1. The van der Waals surface area contributed by atoms with E-state index in [1.165, 1.54) is 11.1 Å². The molecule has 21 heavy (non-hydrogen) atoms. The molecule has 4 nitrogen and oxygen atoms in total. The van der Waals surface area contributed by atoms with E-state index in [0.717, 1.165) is 5.69 Å². The summed E-state index contributed by atoms with van der Waals surface area (Å²) in [5.74, 6) is 0. The van der Waals surface area contributed by atoms with E-state index < -0.39 is 0 Å². The summed E-state index contributed by atoms with van der Waals surface area (Å²) in [5.41, 5.74) is 3.09. The number of rotatable bonds is 3. The zero-order valence-corrected chi connectivity index (χ0v) is 12.2. The molecule has 0 bridgehead atoms. The number of benzene rings is 2. The lowest BCUT2D eigenvalue weighted by Crippen LogP contribution is -2.08. The number of hydrogen-bond acceptors (Lipinski definition) is 3. The van der Waals surface area contributed by atoms with Crippen LogP contribution in [-0.2, 0) is 6.54 Å². The van der Waals surface area contributed by atoms with Gasteiger partial charge in [0.1, 0.15) is 0 Å². The quantitative estimate of drug-likeness (QED) is 0.778. The van der Waals surface area contributed by atoms with Crippen molar-refractivity contribution in [3.63, 3.8) is 0 Å². The minimum Gasteiger partial charge on any atom is -0.381 e. The maximum atomic E-state index is 11.7. The fourth-order valence-corrected chi connectivity index (χ4v) is 2.47. The van der Waals surface area contributed by atoms with Crippen LogP contribution in [0.25, 0.3) is 10.8 Å². The summed E-state index contributed by atoms with van der Waals surface area (Å²) in [4.78, 5) is 11.7. The number of nitrogens with one attached hydrogen (secondary N) is 2. The summed E-state index contributed by atoms with van der Waals surface area (Å²) >= 11 is 6.03. The fraction of sp³-hybridized carbons (Fsp3) is 0.125. The molecule has 0 fully saturated rings. The van der Waals surface area contributed by atoms with E-state index in [1.807, 2.05) is 18.2 Å². The van der Waals surface area contributed by atoms with Gasteiger partial charge < -0.3 is 5.32 Å². The first-order valence-corrected chi connectivity index (χ1v) is 6.98. The predicted molar refractivity (Wildman–Crippen MR) is 85.9 cm³/mol. The Morgan fingerprint density at radius 2 is 2.05 bits per heavy atom. The molecule has 0 atom stereocenters. The highest BCUT2D eigenvalue weighted by molar-refractivity contribution is 6.34. The molecule has 1 aromatic heterocycles. The minimum atomic E-state index is -0.236. The highest BCUT2D eigenvalue weighted by Gasteiger charge is 2.05. The van der Waals surface area contributed by atoms with Crippen LogP contribution in [-0.4, -0.2) is 10.2 Å². The number of halogens is 1. The van der Waals surface area contributed by atoms with Gasteiger partial charge in [0.25, 0.3) is 5.56 Å². The van der Waals surface area contributed by atoms with Gasteiger partial charge in [0.15, 0.2) is 5.15 Å². The maximum Gasteiger partial charge on any atom is 0.272 e. The Bertz CT molecular complexity index is 858. The molecule has 0 spiro atoms. The summed E-state index contributed by atoms with van der Waals surface area (Å²) in [7, 11) is 0. The molecule has 0 aliphatic heterocycles. The van der Waals surface area contributed by atoms with Gasteiger partial charge in [-0.25, -0.2) is 5.10 Å². The van der Waals surface area contributed by atoms with Crippen LogP contribution in [0.4, 0.5) is 5.69 Å². The van der Waals surface area contributed by atoms with Crippen LogP contribution >= 0.6 is 11.6 Å². The average Bonchev–Trinajstić information content (AvgIpc) is 2.49. The van der Waals surface area contributed by atoms with Crippen LogP contribution in [0, 0.1) is 6.92 Å². The van der Waals surface area contributed by atoms with Crippen molar-refractivity contribution in [2.24, 2.45) is 0 Å². The monoisotopic (exact) mass is 299 g/mol. The molecule has 0 unspecified atom stereocenters. The van der Waals surface area contributed by atoms with E-state index in [1.54, 1.807) is 6.07 Å². The van der Waals surface area contributed by atoms with Crippen LogP contribution in [0.15, 0.2) is 47.3 Å². The zero-order valence-electron chi connectivity index (χ0n) is 11.5. The van der Waals surface area contributed by atoms with Crippen LogP contribution in [0.2, 0.25) is 5.15 Å². The minimum absolute atomic E-state index is 0.236. The molecule has 2 aromatic carbocycles. The van der Waals surface area contributed by atoms with Crippen molar-refractivity contribution < 1.29 is 0 Å². The molecule has 106 valence electrons. The Morgan fingerprint density at radius 3 is 2.86 bits per heavy atom. The number of aryl methyl sites for hydroxylation is 1. The van der Waals surface area contributed by atoms with Gasteiger partial charge in [0.2, 0.25) is 0 Å². The lowest BCUT2D eigenvalue weighted by Gasteiger charge is -2.08. The molecule has 5 heteroatoms. The van der Waals surface area contributed by atoms with Crippen LogP contribution in [0.3, 0.4) is 0 Å². The SMILES string of the molecule is Cc1cccc(CNc2ccc3c(=O)[nH]nc(Cl)c3c2)c1. The maximum absolute atomic E-state index is 11.7. The van der Waals surface area contributed by atoms with Crippen molar-refractivity contribution in [2.45, 2.75) is 13.5 Å². The highest BCUT2D eigenvalue weighted by Crippen LogP contribution is 2.22. The van der Waals surface area contributed by atoms with E-state index in [2.05, 4.69) is 40.6 Å². The van der Waals surface area contributed by atoms with Crippen LogP contribution < -0.4 is 10.9 Å². The highest BCUT2D eigenvalue weighted by atomic mass is 35.5. The zero-order chi connectivity index (χ0) is 14.8. The van der Waals surface area contributed by atoms with E-state index in [9.17, 15) is 4.79 Å². The Kier molecular flexibility index (Phi) is 3.62. The summed E-state index contributed by atoms with van der Waals surface area (Å²) in [6, 6.07) is 13.8. The second kappa shape index (κ2) is 5.58. The van der Waals surface area contributed by atoms with E-state index >= 15 is 0 Å². The standard InChI is InChI=1S/C16H14ClN3O/c1-10-3-2-4-11(7-10)9-18-12-5-6-13-14(8-12)15(17)19-20-16(13)21/h2-8,18H,9H2,1H3,(H,20,21). The van der Waals surface area contributed by atoms with E-state index in [0.29, 0.717) is 22.5 Å². The third-order valence-corrected chi connectivity index (χ3v) is 3.61. The van der Waals surface area contributed by atoms with Gasteiger partial charge in [-0.3, -0.25) is 4.79 Å². The molecular formula is C16H14ClN3O. The Morgan fingerprint density at radius 1 is 1.19 bits per heavy atom. The Hall–Kier alpha value is -2.33.